The third-order valence-corrected chi connectivity index (χ3v) is 3.39. The summed E-state index contributed by atoms with van der Waals surface area (Å²) in [7, 11) is 0. The molecule has 1 aromatic carbocycles. The van der Waals surface area contributed by atoms with Crippen LogP contribution < -0.4 is 10.5 Å². The molecule has 16 heavy (non-hydrogen) atoms. The van der Waals surface area contributed by atoms with Crippen molar-refractivity contribution >= 4 is 15.9 Å². The Balaban J connectivity index is 2.27. The Bertz CT molecular complexity index is 299. The van der Waals surface area contributed by atoms with Crippen LogP contribution in [0.15, 0.2) is 28.7 Å². The first-order valence-corrected chi connectivity index (χ1v) is 6.56. The number of hydrogen-bond acceptors (Lipinski definition) is 2. The molecule has 0 aliphatic heterocycles. The van der Waals surface area contributed by atoms with E-state index in [9.17, 15) is 0 Å². The fourth-order valence-electron chi connectivity index (χ4n) is 1.51. The molecule has 1 rings (SSSR count). The Morgan fingerprint density at radius 3 is 2.50 bits per heavy atom. The lowest BCUT2D eigenvalue weighted by molar-refractivity contribution is 0.267. The van der Waals surface area contributed by atoms with E-state index in [1.54, 1.807) is 0 Å². The van der Waals surface area contributed by atoms with Crippen LogP contribution in [-0.2, 0) is 0 Å². The van der Waals surface area contributed by atoms with Crippen LogP contribution in [0.1, 0.15) is 26.7 Å². The van der Waals surface area contributed by atoms with Crippen molar-refractivity contribution < 1.29 is 4.74 Å². The van der Waals surface area contributed by atoms with Crippen LogP contribution in [0.5, 0.6) is 5.75 Å². The Morgan fingerprint density at radius 1 is 1.31 bits per heavy atom. The van der Waals surface area contributed by atoms with Gasteiger partial charge in [-0.25, -0.2) is 0 Å². The highest BCUT2D eigenvalue weighted by atomic mass is 79.9. The van der Waals surface area contributed by atoms with Crippen molar-refractivity contribution in [1.82, 2.24) is 0 Å². The maximum absolute atomic E-state index is 5.95. The zero-order valence-corrected chi connectivity index (χ0v) is 11.5. The second kappa shape index (κ2) is 6.92. The molecule has 2 nitrogen and oxygen atoms in total. The summed E-state index contributed by atoms with van der Waals surface area (Å²) in [6.45, 7) is 5.03. The molecule has 3 heteroatoms. The summed E-state index contributed by atoms with van der Waals surface area (Å²) < 4.78 is 6.72. The quantitative estimate of drug-likeness (QED) is 0.867. The minimum atomic E-state index is 0.286. The topological polar surface area (TPSA) is 35.2 Å². The van der Waals surface area contributed by atoms with Crippen LogP contribution in [0.3, 0.4) is 0 Å². The number of ether oxygens (including phenoxy) is 1. The maximum Gasteiger partial charge on any atom is 0.119 e. The molecular formula is C13H20BrNO. The fraction of sp³-hybridized carbons (Fsp3) is 0.538. The molecule has 2 atom stereocenters. The molecule has 90 valence electrons. The molecule has 0 bridgehead atoms. The monoisotopic (exact) mass is 285 g/mol. The Labute approximate surface area is 106 Å². The number of hydrogen-bond donors (Lipinski definition) is 1. The summed E-state index contributed by atoms with van der Waals surface area (Å²) in [5.41, 5.74) is 5.95. The highest BCUT2D eigenvalue weighted by Crippen LogP contribution is 2.17. The van der Waals surface area contributed by atoms with Crippen molar-refractivity contribution in [3.63, 3.8) is 0 Å². The lowest BCUT2D eigenvalue weighted by Gasteiger charge is -2.18. The van der Waals surface area contributed by atoms with Crippen LogP contribution >= 0.6 is 15.9 Å². The number of nitrogens with two attached hydrogens (primary N) is 1. The highest BCUT2D eigenvalue weighted by Gasteiger charge is 2.10. The van der Waals surface area contributed by atoms with Gasteiger partial charge >= 0.3 is 0 Å². The first-order chi connectivity index (χ1) is 7.63. The van der Waals surface area contributed by atoms with E-state index in [4.69, 9.17) is 10.5 Å². The standard InChI is InChI=1S/C13H20BrNO/c1-3-13(15)10(2)8-9-16-12-6-4-11(14)5-7-12/h4-7,10,13H,3,8-9,15H2,1-2H3. The molecular weight excluding hydrogens is 266 g/mol. The van der Waals surface area contributed by atoms with E-state index >= 15 is 0 Å². The molecule has 1 aromatic rings. The van der Waals surface area contributed by atoms with E-state index in [1.807, 2.05) is 24.3 Å². The molecule has 0 heterocycles. The summed E-state index contributed by atoms with van der Waals surface area (Å²) >= 11 is 3.39. The van der Waals surface area contributed by atoms with Crippen LogP contribution in [0.25, 0.3) is 0 Å². The highest BCUT2D eigenvalue weighted by molar-refractivity contribution is 9.10. The second-order valence-electron chi connectivity index (χ2n) is 4.14. The van der Waals surface area contributed by atoms with E-state index in [-0.39, 0.29) is 6.04 Å². The van der Waals surface area contributed by atoms with E-state index < -0.39 is 0 Å². The van der Waals surface area contributed by atoms with Crippen molar-refractivity contribution in [3.05, 3.63) is 28.7 Å². The normalized spacial score (nSPS) is 14.5. The molecule has 0 fully saturated rings. The summed E-state index contributed by atoms with van der Waals surface area (Å²) in [6.07, 6.45) is 2.03. The van der Waals surface area contributed by atoms with Gasteiger partial charge in [-0.2, -0.15) is 0 Å². The summed E-state index contributed by atoms with van der Waals surface area (Å²) in [4.78, 5) is 0. The Hall–Kier alpha value is -0.540. The van der Waals surface area contributed by atoms with Crippen molar-refractivity contribution in [3.8, 4) is 5.75 Å². The SMILES string of the molecule is CCC(N)C(C)CCOc1ccc(Br)cc1. The minimum absolute atomic E-state index is 0.286. The van der Waals surface area contributed by atoms with E-state index in [2.05, 4.69) is 29.8 Å². The van der Waals surface area contributed by atoms with Gasteiger partial charge in [0.2, 0.25) is 0 Å². The third-order valence-electron chi connectivity index (χ3n) is 2.86. The van der Waals surface area contributed by atoms with Gasteiger partial charge in [0, 0.05) is 10.5 Å². The van der Waals surface area contributed by atoms with Gasteiger partial charge < -0.3 is 10.5 Å². The van der Waals surface area contributed by atoms with Crippen molar-refractivity contribution in [2.45, 2.75) is 32.7 Å². The van der Waals surface area contributed by atoms with Gasteiger partial charge in [-0.3, -0.25) is 0 Å². The fourth-order valence-corrected chi connectivity index (χ4v) is 1.77. The van der Waals surface area contributed by atoms with E-state index in [0.29, 0.717) is 5.92 Å². The van der Waals surface area contributed by atoms with Gasteiger partial charge in [0.15, 0.2) is 0 Å². The summed E-state index contributed by atoms with van der Waals surface area (Å²) in [5, 5.41) is 0. The predicted molar refractivity (Wildman–Crippen MR) is 71.7 cm³/mol. The van der Waals surface area contributed by atoms with E-state index in [1.165, 1.54) is 0 Å². The first kappa shape index (κ1) is 13.5. The van der Waals surface area contributed by atoms with Crippen LogP contribution in [0.2, 0.25) is 0 Å². The Morgan fingerprint density at radius 2 is 1.94 bits per heavy atom. The van der Waals surface area contributed by atoms with Crippen LogP contribution in [0.4, 0.5) is 0 Å². The zero-order chi connectivity index (χ0) is 12.0. The number of benzene rings is 1. The molecule has 2 N–H and O–H groups in total. The lowest BCUT2D eigenvalue weighted by Crippen LogP contribution is -2.28. The second-order valence-corrected chi connectivity index (χ2v) is 5.06. The van der Waals surface area contributed by atoms with Gasteiger partial charge in [0.1, 0.15) is 5.75 Å². The van der Waals surface area contributed by atoms with Gasteiger partial charge in [0.25, 0.3) is 0 Å². The number of halogens is 1. The van der Waals surface area contributed by atoms with Crippen molar-refractivity contribution in [2.75, 3.05) is 6.61 Å². The smallest absolute Gasteiger partial charge is 0.119 e. The molecule has 0 aliphatic rings. The van der Waals surface area contributed by atoms with Gasteiger partial charge in [-0.15, -0.1) is 0 Å². The van der Waals surface area contributed by atoms with Crippen molar-refractivity contribution in [1.29, 1.82) is 0 Å². The zero-order valence-electron chi connectivity index (χ0n) is 9.95. The molecule has 2 unspecified atom stereocenters. The molecule has 0 aromatic heterocycles. The van der Waals surface area contributed by atoms with E-state index in [0.717, 1.165) is 29.7 Å². The first-order valence-electron chi connectivity index (χ1n) is 5.77. The van der Waals surface area contributed by atoms with Gasteiger partial charge in [-0.1, -0.05) is 29.8 Å². The third kappa shape index (κ3) is 4.54. The molecule has 0 radical (unpaired) electrons. The minimum Gasteiger partial charge on any atom is -0.494 e. The van der Waals surface area contributed by atoms with Crippen molar-refractivity contribution in [2.24, 2.45) is 11.7 Å². The maximum atomic E-state index is 5.95. The summed E-state index contributed by atoms with van der Waals surface area (Å²) in [6, 6.07) is 8.18. The average Bonchev–Trinajstić information content (AvgIpc) is 2.30. The molecule has 0 saturated carbocycles. The molecule has 0 aliphatic carbocycles. The number of rotatable bonds is 6. The Kier molecular flexibility index (Phi) is 5.85. The van der Waals surface area contributed by atoms with Crippen LogP contribution in [0, 0.1) is 5.92 Å². The van der Waals surface area contributed by atoms with Crippen LogP contribution in [-0.4, -0.2) is 12.6 Å². The summed E-state index contributed by atoms with van der Waals surface area (Å²) in [5.74, 6) is 1.43. The molecule has 0 spiro atoms. The average molecular weight is 286 g/mol. The largest absolute Gasteiger partial charge is 0.494 e. The predicted octanol–water partition coefficient (Wildman–Crippen LogP) is 3.59. The molecule has 0 amide bonds. The molecule has 0 saturated heterocycles. The van der Waals surface area contributed by atoms with Gasteiger partial charge in [0.05, 0.1) is 6.61 Å². The van der Waals surface area contributed by atoms with Gasteiger partial charge in [-0.05, 0) is 43.0 Å². The lowest BCUT2D eigenvalue weighted by atomic mass is 9.98.